The van der Waals surface area contributed by atoms with Gasteiger partial charge in [0, 0.05) is 30.3 Å². The zero-order valence-electron chi connectivity index (χ0n) is 14.3. The number of carboxylic acids is 1. The van der Waals surface area contributed by atoms with E-state index in [0.717, 1.165) is 0 Å². The highest BCUT2D eigenvalue weighted by atomic mass is 19.4. The summed E-state index contributed by atoms with van der Waals surface area (Å²) in [6.45, 7) is 1.99. The lowest BCUT2D eigenvalue weighted by Crippen LogP contribution is -2.46. The number of alkyl halides is 3. The minimum Gasteiger partial charge on any atom is -0.481 e. The molecule has 6 nitrogen and oxygen atoms in total. The summed E-state index contributed by atoms with van der Waals surface area (Å²) in [6, 6.07) is 0. The minimum absolute atomic E-state index is 0.000469. The Morgan fingerprint density at radius 1 is 1.19 bits per heavy atom. The summed E-state index contributed by atoms with van der Waals surface area (Å²) in [7, 11) is 0. The van der Waals surface area contributed by atoms with E-state index in [1.165, 1.54) is 11.8 Å². The first kappa shape index (κ1) is 18.6. The number of aryl methyl sites for hydroxylation is 2. The van der Waals surface area contributed by atoms with Crippen molar-refractivity contribution in [3.63, 3.8) is 0 Å². The van der Waals surface area contributed by atoms with Crippen LogP contribution >= 0.6 is 0 Å². The molecule has 1 aromatic heterocycles. The predicted octanol–water partition coefficient (Wildman–Crippen LogP) is 2.23. The molecule has 2 atom stereocenters. The topological polar surface area (TPSA) is 83.4 Å². The van der Waals surface area contributed by atoms with Gasteiger partial charge in [0.15, 0.2) is 5.69 Å². The number of fused-ring (bicyclic) bond motifs is 1. The van der Waals surface area contributed by atoms with E-state index in [9.17, 15) is 22.8 Å². The highest BCUT2D eigenvalue weighted by Gasteiger charge is 2.41. The number of rotatable bonds is 2. The molecule has 1 aromatic rings. The zero-order chi connectivity index (χ0) is 19.1. The van der Waals surface area contributed by atoms with Crippen LogP contribution < -0.4 is 0 Å². The number of amides is 1. The fourth-order valence-corrected chi connectivity index (χ4v) is 3.82. The van der Waals surface area contributed by atoms with Gasteiger partial charge in [0.05, 0.1) is 5.92 Å². The molecule has 3 rings (SSSR count). The van der Waals surface area contributed by atoms with Gasteiger partial charge in [-0.15, -0.1) is 0 Å². The molecule has 2 aliphatic rings. The molecule has 2 heterocycles. The second kappa shape index (κ2) is 6.85. The average molecular weight is 371 g/mol. The Balaban J connectivity index is 1.82. The summed E-state index contributed by atoms with van der Waals surface area (Å²) in [4.78, 5) is 33.1. The number of piperidine rings is 1. The molecule has 1 aliphatic carbocycles. The minimum atomic E-state index is -4.59. The molecule has 1 fully saturated rings. The zero-order valence-corrected chi connectivity index (χ0v) is 14.3. The molecule has 9 heteroatoms. The van der Waals surface area contributed by atoms with Gasteiger partial charge in [-0.05, 0) is 39.0 Å². The Hall–Kier alpha value is -2.19. The molecular formula is C17H20F3N3O3. The van der Waals surface area contributed by atoms with Crippen molar-refractivity contribution in [2.24, 2.45) is 11.8 Å². The molecule has 0 radical (unpaired) electrons. The average Bonchev–Trinajstić information content (AvgIpc) is 2.59. The molecule has 0 saturated carbocycles. The molecule has 1 saturated heterocycles. The van der Waals surface area contributed by atoms with Crippen molar-refractivity contribution in [1.29, 1.82) is 0 Å². The van der Waals surface area contributed by atoms with Crippen molar-refractivity contribution in [3.05, 3.63) is 22.8 Å². The van der Waals surface area contributed by atoms with Gasteiger partial charge in [0.1, 0.15) is 5.82 Å². The van der Waals surface area contributed by atoms with E-state index in [0.29, 0.717) is 31.5 Å². The first-order valence-electron chi connectivity index (χ1n) is 8.62. The van der Waals surface area contributed by atoms with E-state index in [1.807, 2.05) is 0 Å². The van der Waals surface area contributed by atoms with Gasteiger partial charge in [0.25, 0.3) is 0 Å². The number of nitrogens with zero attached hydrogens (tertiary/aromatic N) is 3. The van der Waals surface area contributed by atoms with E-state index >= 15 is 0 Å². The summed E-state index contributed by atoms with van der Waals surface area (Å²) in [5.74, 6) is -2.35. The number of carbonyl (C=O) groups excluding carboxylic acids is 1. The third kappa shape index (κ3) is 3.66. The van der Waals surface area contributed by atoms with E-state index in [-0.39, 0.29) is 36.7 Å². The molecule has 1 amide bonds. The van der Waals surface area contributed by atoms with Gasteiger partial charge < -0.3 is 10.0 Å². The molecule has 26 heavy (non-hydrogen) atoms. The van der Waals surface area contributed by atoms with Crippen LogP contribution in [0.2, 0.25) is 0 Å². The Morgan fingerprint density at radius 2 is 1.92 bits per heavy atom. The summed E-state index contributed by atoms with van der Waals surface area (Å²) >= 11 is 0. The van der Waals surface area contributed by atoms with Crippen LogP contribution in [0.1, 0.15) is 42.0 Å². The van der Waals surface area contributed by atoms with Crippen LogP contribution in [-0.2, 0) is 28.6 Å². The van der Waals surface area contributed by atoms with E-state index in [2.05, 4.69) is 9.97 Å². The Kier molecular flexibility index (Phi) is 4.90. The van der Waals surface area contributed by atoms with E-state index in [1.54, 1.807) is 0 Å². The van der Waals surface area contributed by atoms with Crippen molar-refractivity contribution in [3.8, 4) is 0 Å². The number of hydrogen-bond acceptors (Lipinski definition) is 4. The number of carboxylic acid groups (broad SMARTS) is 1. The van der Waals surface area contributed by atoms with Crippen molar-refractivity contribution in [1.82, 2.24) is 14.9 Å². The molecule has 142 valence electrons. The predicted molar refractivity (Wildman–Crippen MR) is 84.2 cm³/mol. The maximum atomic E-state index is 13.3. The number of hydrogen-bond donors (Lipinski definition) is 1. The summed E-state index contributed by atoms with van der Waals surface area (Å²) in [5.41, 5.74) is -0.602. The first-order valence-corrected chi connectivity index (χ1v) is 8.62. The van der Waals surface area contributed by atoms with Gasteiger partial charge in [-0.2, -0.15) is 13.2 Å². The summed E-state index contributed by atoms with van der Waals surface area (Å²) < 4.78 is 40.0. The lowest BCUT2D eigenvalue weighted by molar-refractivity contribution is -0.148. The molecule has 2 unspecified atom stereocenters. The quantitative estimate of drug-likeness (QED) is 0.862. The molecule has 1 aliphatic heterocycles. The highest BCUT2D eigenvalue weighted by molar-refractivity contribution is 5.81. The van der Waals surface area contributed by atoms with Gasteiger partial charge in [-0.1, -0.05) is 0 Å². The monoisotopic (exact) mass is 371 g/mol. The van der Waals surface area contributed by atoms with Crippen LogP contribution in [0, 0.1) is 18.8 Å². The van der Waals surface area contributed by atoms with Crippen LogP contribution in [0.25, 0.3) is 0 Å². The van der Waals surface area contributed by atoms with Crippen molar-refractivity contribution >= 4 is 11.9 Å². The van der Waals surface area contributed by atoms with Crippen LogP contribution in [0.15, 0.2) is 0 Å². The van der Waals surface area contributed by atoms with Gasteiger partial charge in [-0.3, -0.25) is 9.59 Å². The lowest BCUT2D eigenvalue weighted by Gasteiger charge is -2.35. The van der Waals surface area contributed by atoms with Crippen LogP contribution in [-0.4, -0.2) is 44.9 Å². The molecule has 0 aromatic carbocycles. The number of aromatic nitrogens is 2. The maximum Gasteiger partial charge on any atom is 0.433 e. The normalized spacial score (nSPS) is 23.5. The molecule has 0 spiro atoms. The lowest BCUT2D eigenvalue weighted by atomic mass is 9.84. The maximum absolute atomic E-state index is 13.3. The molecule has 0 bridgehead atoms. The molecule has 1 N–H and O–H groups in total. The van der Waals surface area contributed by atoms with Crippen LogP contribution in [0.4, 0.5) is 13.2 Å². The standard InChI is InChI=1S/C17H20F3N3O3/c1-9-21-13-5-4-10(7-12(13)14(22-9)17(18,19)20)15(24)23-6-2-3-11(8-23)16(25)26/h10-11H,2-8H2,1H3,(H,25,26). The second-order valence-corrected chi connectivity index (χ2v) is 6.94. The van der Waals surface area contributed by atoms with Crippen molar-refractivity contribution in [2.45, 2.75) is 45.2 Å². The number of carbonyl (C=O) groups is 2. The summed E-state index contributed by atoms with van der Waals surface area (Å²) in [5, 5.41) is 9.15. The number of likely N-dealkylation sites (tertiary alicyclic amines) is 1. The second-order valence-electron chi connectivity index (χ2n) is 6.94. The third-order valence-electron chi connectivity index (χ3n) is 5.08. The van der Waals surface area contributed by atoms with Crippen LogP contribution in [0.5, 0.6) is 0 Å². The molecular weight excluding hydrogens is 351 g/mol. The van der Waals surface area contributed by atoms with Crippen molar-refractivity contribution in [2.75, 3.05) is 13.1 Å². The third-order valence-corrected chi connectivity index (χ3v) is 5.08. The van der Waals surface area contributed by atoms with Gasteiger partial charge in [0.2, 0.25) is 5.91 Å². The smallest absolute Gasteiger partial charge is 0.433 e. The Labute approximate surface area is 148 Å². The largest absolute Gasteiger partial charge is 0.481 e. The SMILES string of the molecule is Cc1nc2c(c(C(F)(F)F)n1)CC(C(=O)N1CCCC(C(=O)O)C1)CC2. The Morgan fingerprint density at radius 3 is 2.58 bits per heavy atom. The summed E-state index contributed by atoms with van der Waals surface area (Å²) in [6.07, 6.45) is -2.86. The van der Waals surface area contributed by atoms with Crippen molar-refractivity contribution < 1.29 is 27.9 Å². The van der Waals surface area contributed by atoms with E-state index < -0.39 is 29.7 Å². The van der Waals surface area contributed by atoms with Gasteiger partial charge in [-0.25, -0.2) is 9.97 Å². The highest BCUT2D eigenvalue weighted by Crippen LogP contribution is 2.36. The fraction of sp³-hybridized carbons (Fsp3) is 0.647. The number of aliphatic carboxylic acids is 1. The van der Waals surface area contributed by atoms with Gasteiger partial charge >= 0.3 is 12.1 Å². The van der Waals surface area contributed by atoms with E-state index in [4.69, 9.17) is 5.11 Å². The first-order chi connectivity index (χ1) is 12.2. The van der Waals surface area contributed by atoms with Crippen LogP contribution in [0.3, 0.4) is 0 Å². The Bertz CT molecular complexity index is 736. The number of halogens is 3. The fourth-order valence-electron chi connectivity index (χ4n) is 3.82.